The fourth-order valence-corrected chi connectivity index (χ4v) is 3.28. The molecule has 2 aromatic rings. The van der Waals surface area contributed by atoms with Crippen LogP contribution in [0, 0.1) is 16.0 Å². The number of esters is 2. The molecule has 1 saturated heterocycles. The average Bonchev–Trinajstić information content (AvgIpc) is 3.22. The van der Waals surface area contributed by atoms with Gasteiger partial charge in [0, 0.05) is 36.3 Å². The molecule has 0 N–H and O–H groups in total. The highest BCUT2D eigenvalue weighted by Crippen LogP contribution is 2.26. The number of ketones is 1. The lowest BCUT2D eigenvalue weighted by molar-refractivity contribution is -0.384. The highest BCUT2D eigenvalue weighted by molar-refractivity contribution is 6.01. The number of Topliss-reactive ketones (excluding diaryl/α,β-unsaturated/α-hetero) is 1. The number of benzene rings is 2. The van der Waals surface area contributed by atoms with Crippen molar-refractivity contribution in [1.29, 1.82) is 0 Å². The summed E-state index contributed by atoms with van der Waals surface area (Å²) in [5.41, 5.74) is 0.915. The molecule has 1 fully saturated rings. The SMILES string of the molecule is CCCOC(=O)c1ccc(N2CC(C(=O)OCC(=O)c3ccc([N+](=O)[O-])cc3)CC2=O)cc1. The van der Waals surface area contributed by atoms with Gasteiger partial charge in [-0.05, 0) is 42.8 Å². The predicted molar refractivity (Wildman–Crippen MR) is 116 cm³/mol. The standard InChI is InChI=1S/C23H22N2O8/c1-2-11-32-22(28)16-5-7-18(8-6-16)24-13-17(12-21(24)27)23(29)33-14-20(26)15-3-9-19(10-4-15)25(30)31/h3-10,17H,2,11-14H2,1H3. The first-order valence-corrected chi connectivity index (χ1v) is 10.3. The van der Waals surface area contributed by atoms with Gasteiger partial charge in [-0.25, -0.2) is 4.79 Å². The molecular formula is C23H22N2O8. The molecule has 1 unspecified atom stereocenters. The van der Waals surface area contributed by atoms with Gasteiger partial charge in [0.1, 0.15) is 0 Å². The van der Waals surface area contributed by atoms with Crippen molar-refractivity contribution in [3.8, 4) is 0 Å². The number of hydrogen-bond donors (Lipinski definition) is 0. The van der Waals surface area contributed by atoms with Crippen molar-refractivity contribution < 1.29 is 33.6 Å². The molecule has 10 nitrogen and oxygen atoms in total. The molecule has 1 aliphatic heterocycles. The van der Waals surface area contributed by atoms with Crippen molar-refractivity contribution in [3.05, 3.63) is 69.8 Å². The Bertz CT molecular complexity index is 1060. The number of rotatable bonds is 9. The smallest absolute Gasteiger partial charge is 0.338 e. The van der Waals surface area contributed by atoms with Gasteiger partial charge in [0.05, 0.1) is 23.0 Å². The molecule has 3 rings (SSSR count). The number of carbonyl (C=O) groups is 4. The van der Waals surface area contributed by atoms with E-state index in [1.165, 1.54) is 29.2 Å². The minimum atomic E-state index is -0.739. The van der Waals surface area contributed by atoms with Crippen molar-refractivity contribution in [2.24, 2.45) is 5.92 Å². The van der Waals surface area contributed by atoms with Gasteiger partial charge in [0.25, 0.3) is 5.69 Å². The molecule has 0 bridgehead atoms. The number of nitro groups is 1. The van der Waals surface area contributed by atoms with E-state index in [-0.39, 0.29) is 30.1 Å². The van der Waals surface area contributed by atoms with Gasteiger partial charge in [-0.1, -0.05) is 6.92 Å². The number of nitro benzene ring substituents is 1. The van der Waals surface area contributed by atoms with Crippen LogP contribution in [0.4, 0.5) is 11.4 Å². The molecule has 0 saturated carbocycles. The monoisotopic (exact) mass is 454 g/mol. The van der Waals surface area contributed by atoms with Crippen LogP contribution in [-0.2, 0) is 19.1 Å². The molecule has 172 valence electrons. The van der Waals surface area contributed by atoms with Gasteiger partial charge in [-0.3, -0.25) is 24.5 Å². The summed E-state index contributed by atoms with van der Waals surface area (Å²) < 4.78 is 10.1. The summed E-state index contributed by atoms with van der Waals surface area (Å²) in [5, 5.41) is 10.7. The predicted octanol–water partition coefficient (Wildman–Crippen LogP) is 2.94. The van der Waals surface area contributed by atoms with Crippen LogP contribution < -0.4 is 4.90 Å². The maximum absolute atomic E-state index is 12.4. The lowest BCUT2D eigenvalue weighted by Gasteiger charge is -2.17. The number of non-ortho nitro benzene ring substituents is 1. The number of hydrogen-bond acceptors (Lipinski definition) is 8. The lowest BCUT2D eigenvalue weighted by atomic mass is 10.1. The van der Waals surface area contributed by atoms with Gasteiger partial charge in [0.15, 0.2) is 12.4 Å². The van der Waals surface area contributed by atoms with E-state index < -0.39 is 35.2 Å². The number of carbonyl (C=O) groups excluding carboxylic acids is 4. The Morgan fingerprint density at radius 3 is 2.27 bits per heavy atom. The largest absolute Gasteiger partial charge is 0.462 e. The molecule has 0 radical (unpaired) electrons. The summed E-state index contributed by atoms with van der Waals surface area (Å²) in [6.45, 7) is 1.77. The third-order valence-electron chi connectivity index (χ3n) is 5.06. The first kappa shape index (κ1) is 23.6. The van der Waals surface area contributed by atoms with Crippen LogP contribution in [0.5, 0.6) is 0 Å². The van der Waals surface area contributed by atoms with Crippen LogP contribution in [0.1, 0.15) is 40.5 Å². The highest BCUT2D eigenvalue weighted by Gasteiger charge is 2.36. The molecule has 1 aliphatic rings. The van der Waals surface area contributed by atoms with E-state index in [0.717, 1.165) is 0 Å². The fraction of sp³-hybridized carbons (Fsp3) is 0.304. The van der Waals surface area contributed by atoms with Crippen LogP contribution >= 0.6 is 0 Å². The third-order valence-corrected chi connectivity index (χ3v) is 5.06. The highest BCUT2D eigenvalue weighted by atomic mass is 16.6. The molecule has 0 aliphatic carbocycles. The van der Waals surface area contributed by atoms with E-state index in [1.807, 2.05) is 6.92 Å². The summed E-state index contributed by atoms with van der Waals surface area (Å²) >= 11 is 0. The van der Waals surface area contributed by atoms with E-state index in [4.69, 9.17) is 9.47 Å². The van der Waals surface area contributed by atoms with E-state index in [2.05, 4.69) is 0 Å². The third kappa shape index (κ3) is 5.79. The minimum absolute atomic E-state index is 0.0646. The van der Waals surface area contributed by atoms with Gasteiger partial charge in [-0.2, -0.15) is 0 Å². The summed E-state index contributed by atoms with van der Waals surface area (Å²) in [6, 6.07) is 11.3. The summed E-state index contributed by atoms with van der Waals surface area (Å²) in [5.74, 6) is -2.66. The maximum atomic E-state index is 12.4. The number of anilines is 1. The Hall–Kier alpha value is -4.08. The van der Waals surface area contributed by atoms with Crippen molar-refractivity contribution in [3.63, 3.8) is 0 Å². The first-order valence-electron chi connectivity index (χ1n) is 10.3. The van der Waals surface area contributed by atoms with Crippen LogP contribution in [0.3, 0.4) is 0 Å². The quantitative estimate of drug-likeness (QED) is 0.244. The molecule has 0 spiro atoms. The Morgan fingerprint density at radius 1 is 1.03 bits per heavy atom. The second kappa shape index (κ2) is 10.5. The number of amides is 1. The zero-order chi connectivity index (χ0) is 24.0. The van der Waals surface area contributed by atoms with Crippen molar-refractivity contribution in [2.45, 2.75) is 19.8 Å². The molecule has 0 aromatic heterocycles. The normalized spacial score (nSPS) is 15.2. The van der Waals surface area contributed by atoms with Crippen LogP contribution in [-0.4, -0.2) is 48.3 Å². The Labute approximate surface area is 189 Å². The number of ether oxygens (including phenoxy) is 2. The Morgan fingerprint density at radius 2 is 1.67 bits per heavy atom. The molecule has 33 heavy (non-hydrogen) atoms. The molecule has 1 amide bonds. The van der Waals surface area contributed by atoms with Crippen molar-refractivity contribution >= 4 is 35.0 Å². The Balaban J connectivity index is 1.54. The van der Waals surface area contributed by atoms with E-state index in [0.29, 0.717) is 24.3 Å². The summed E-state index contributed by atoms with van der Waals surface area (Å²) in [4.78, 5) is 60.4. The second-order valence-corrected chi connectivity index (χ2v) is 7.42. The van der Waals surface area contributed by atoms with Crippen LogP contribution in [0.2, 0.25) is 0 Å². The van der Waals surface area contributed by atoms with Gasteiger partial charge in [0.2, 0.25) is 5.91 Å². The maximum Gasteiger partial charge on any atom is 0.338 e. The summed E-state index contributed by atoms with van der Waals surface area (Å²) in [6.07, 6.45) is 0.647. The molecule has 10 heteroatoms. The van der Waals surface area contributed by atoms with E-state index in [9.17, 15) is 29.3 Å². The first-order chi connectivity index (χ1) is 15.8. The molecule has 2 aromatic carbocycles. The van der Waals surface area contributed by atoms with E-state index in [1.54, 1.807) is 24.3 Å². The zero-order valence-electron chi connectivity index (χ0n) is 17.9. The van der Waals surface area contributed by atoms with Crippen LogP contribution in [0.15, 0.2) is 48.5 Å². The fourth-order valence-electron chi connectivity index (χ4n) is 3.28. The second-order valence-electron chi connectivity index (χ2n) is 7.42. The van der Waals surface area contributed by atoms with Gasteiger partial charge in [-0.15, -0.1) is 0 Å². The van der Waals surface area contributed by atoms with Gasteiger partial charge >= 0.3 is 11.9 Å². The van der Waals surface area contributed by atoms with Crippen molar-refractivity contribution in [1.82, 2.24) is 0 Å². The summed E-state index contributed by atoms with van der Waals surface area (Å²) in [7, 11) is 0. The van der Waals surface area contributed by atoms with Crippen molar-refractivity contribution in [2.75, 3.05) is 24.7 Å². The molecule has 1 atom stereocenters. The average molecular weight is 454 g/mol. The molecular weight excluding hydrogens is 432 g/mol. The Kier molecular flexibility index (Phi) is 7.50. The van der Waals surface area contributed by atoms with Gasteiger partial charge < -0.3 is 14.4 Å². The molecule has 1 heterocycles. The van der Waals surface area contributed by atoms with E-state index >= 15 is 0 Å². The minimum Gasteiger partial charge on any atom is -0.462 e. The topological polar surface area (TPSA) is 133 Å². The lowest BCUT2D eigenvalue weighted by Crippen LogP contribution is -2.27. The zero-order valence-corrected chi connectivity index (χ0v) is 17.9. The van der Waals surface area contributed by atoms with Crippen LogP contribution in [0.25, 0.3) is 0 Å². The number of nitrogens with zero attached hydrogens (tertiary/aromatic N) is 2.